The fraction of sp³-hybridized carbons (Fsp3) is 0.538. The van der Waals surface area contributed by atoms with Crippen LogP contribution in [-0.4, -0.2) is 35.8 Å². The number of hydrogen-bond acceptors (Lipinski definition) is 5. The summed E-state index contributed by atoms with van der Waals surface area (Å²) in [5.41, 5.74) is 0.714. The molecular formula is C13H18N2O4. The third kappa shape index (κ3) is 3.50. The highest BCUT2D eigenvalue weighted by atomic mass is 16.6. The van der Waals surface area contributed by atoms with Gasteiger partial charge in [-0.3, -0.25) is 10.1 Å². The van der Waals surface area contributed by atoms with Crippen LogP contribution >= 0.6 is 0 Å². The lowest BCUT2D eigenvalue weighted by molar-refractivity contribution is -0.384. The lowest BCUT2D eigenvalue weighted by atomic mass is 9.89. The Morgan fingerprint density at radius 2 is 2.11 bits per heavy atom. The first-order chi connectivity index (χ1) is 9.10. The first-order valence-electron chi connectivity index (χ1n) is 6.28. The van der Waals surface area contributed by atoms with Gasteiger partial charge in [-0.2, -0.15) is 0 Å². The van der Waals surface area contributed by atoms with Crippen LogP contribution in [0.25, 0.3) is 0 Å². The SMILES string of the molecule is COC1CC(NCC(O)c2ccc([N+](=O)[O-])cc2)C1. The topological polar surface area (TPSA) is 84.6 Å². The summed E-state index contributed by atoms with van der Waals surface area (Å²) in [5, 5.41) is 23.8. The summed E-state index contributed by atoms with van der Waals surface area (Å²) in [7, 11) is 1.70. The normalized spacial score (nSPS) is 23.7. The number of nitro benzene ring substituents is 1. The van der Waals surface area contributed by atoms with Gasteiger partial charge in [-0.15, -0.1) is 0 Å². The van der Waals surface area contributed by atoms with Gasteiger partial charge in [-0.1, -0.05) is 0 Å². The summed E-state index contributed by atoms with van der Waals surface area (Å²) in [6.45, 7) is 0.443. The molecule has 0 amide bonds. The van der Waals surface area contributed by atoms with Crippen molar-refractivity contribution in [2.75, 3.05) is 13.7 Å². The Bertz CT molecular complexity index is 429. The van der Waals surface area contributed by atoms with Gasteiger partial charge in [0, 0.05) is 31.8 Å². The maximum atomic E-state index is 10.5. The molecule has 2 N–H and O–H groups in total. The fourth-order valence-electron chi connectivity index (χ4n) is 2.14. The van der Waals surface area contributed by atoms with Crippen molar-refractivity contribution in [2.24, 2.45) is 0 Å². The maximum absolute atomic E-state index is 10.5. The second kappa shape index (κ2) is 6.10. The quantitative estimate of drug-likeness (QED) is 0.600. The summed E-state index contributed by atoms with van der Waals surface area (Å²) in [6, 6.07) is 6.37. The molecule has 2 rings (SSSR count). The number of ether oxygens (including phenoxy) is 1. The molecule has 1 aliphatic carbocycles. The Hall–Kier alpha value is -1.50. The number of aliphatic hydroxyl groups is 1. The highest BCUT2D eigenvalue weighted by Crippen LogP contribution is 2.23. The maximum Gasteiger partial charge on any atom is 0.269 e. The zero-order valence-corrected chi connectivity index (χ0v) is 10.8. The zero-order chi connectivity index (χ0) is 13.8. The second-order valence-corrected chi connectivity index (χ2v) is 4.80. The van der Waals surface area contributed by atoms with Crippen LogP contribution in [0.2, 0.25) is 0 Å². The summed E-state index contributed by atoms with van der Waals surface area (Å²) in [5.74, 6) is 0. The number of benzene rings is 1. The molecule has 19 heavy (non-hydrogen) atoms. The molecule has 6 heteroatoms. The van der Waals surface area contributed by atoms with Gasteiger partial charge in [0.25, 0.3) is 5.69 Å². The average Bonchev–Trinajstić information content (AvgIpc) is 2.37. The van der Waals surface area contributed by atoms with Crippen molar-refractivity contribution >= 4 is 5.69 Å². The van der Waals surface area contributed by atoms with Gasteiger partial charge in [0.2, 0.25) is 0 Å². The lowest BCUT2D eigenvalue weighted by Crippen LogP contribution is -2.46. The van der Waals surface area contributed by atoms with E-state index in [0.29, 0.717) is 24.3 Å². The largest absolute Gasteiger partial charge is 0.387 e. The minimum absolute atomic E-state index is 0.0332. The van der Waals surface area contributed by atoms with E-state index in [1.807, 2.05) is 0 Å². The number of nitrogens with zero attached hydrogens (tertiary/aromatic N) is 1. The molecule has 1 fully saturated rings. The Morgan fingerprint density at radius 1 is 1.47 bits per heavy atom. The zero-order valence-electron chi connectivity index (χ0n) is 10.8. The second-order valence-electron chi connectivity index (χ2n) is 4.80. The summed E-state index contributed by atoms with van der Waals surface area (Å²) in [4.78, 5) is 10.1. The van der Waals surface area contributed by atoms with Crippen LogP contribution in [-0.2, 0) is 4.74 Å². The lowest BCUT2D eigenvalue weighted by Gasteiger charge is -2.35. The van der Waals surface area contributed by atoms with Crippen molar-refractivity contribution in [1.82, 2.24) is 5.32 Å². The van der Waals surface area contributed by atoms with E-state index in [1.54, 1.807) is 19.2 Å². The van der Waals surface area contributed by atoms with Crippen LogP contribution in [0.3, 0.4) is 0 Å². The van der Waals surface area contributed by atoms with Crippen LogP contribution in [0.1, 0.15) is 24.5 Å². The Labute approximate surface area is 111 Å². The van der Waals surface area contributed by atoms with Crippen LogP contribution < -0.4 is 5.32 Å². The Morgan fingerprint density at radius 3 is 2.63 bits per heavy atom. The van der Waals surface area contributed by atoms with Crippen molar-refractivity contribution in [3.8, 4) is 0 Å². The third-order valence-electron chi connectivity index (χ3n) is 3.52. The molecule has 1 unspecified atom stereocenters. The summed E-state index contributed by atoms with van der Waals surface area (Å²) < 4.78 is 5.18. The molecule has 0 spiro atoms. The first kappa shape index (κ1) is 13.9. The van der Waals surface area contributed by atoms with Gasteiger partial charge in [0.05, 0.1) is 17.1 Å². The number of nitro groups is 1. The number of rotatable bonds is 6. The van der Waals surface area contributed by atoms with Gasteiger partial charge < -0.3 is 15.2 Å². The summed E-state index contributed by atoms with van der Waals surface area (Å²) in [6.07, 6.45) is 1.60. The standard InChI is InChI=1S/C13H18N2O4/c1-19-12-6-10(7-12)14-8-13(16)9-2-4-11(5-3-9)15(17)18/h2-5,10,12-14,16H,6-8H2,1H3. The molecule has 104 valence electrons. The molecule has 0 aromatic heterocycles. The van der Waals surface area contributed by atoms with Crippen molar-refractivity contribution in [1.29, 1.82) is 0 Å². The molecule has 6 nitrogen and oxygen atoms in total. The smallest absolute Gasteiger partial charge is 0.269 e. The van der Waals surface area contributed by atoms with Gasteiger partial charge in [0.15, 0.2) is 0 Å². The highest BCUT2D eigenvalue weighted by molar-refractivity contribution is 5.33. The number of aliphatic hydroxyl groups excluding tert-OH is 1. The minimum atomic E-state index is -0.651. The first-order valence-corrected chi connectivity index (χ1v) is 6.28. The van der Waals surface area contributed by atoms with Gasteiger partial charge in [0.1, 0.15) is 0 Å². The predicted molar refractivity (Wildman–Crippen MR) is 69.9 cm³/mol. The van der Waals surface area contributed by atoms with Crippen molar-refractivity contribution < 1.29 is 14.8 Å². The van der Waals surface area contributed by atoms with E-state index in [1.165, 1.54) is 12.1 Å². The molecule has 0 radical (unpaired) electrons. The highest BCUT2D eigenvalue weighted by Gasteiger charge is 2.28. The third-order valence-corrected chi connectivity index (χ3v) is 3.52. The van der Waals surface area contributed by atoms with E-state index in [9.17, 15) is 15.2 Å². The average molecular weight is 266 g/mol. The monoisotopic (exact) mass is 266 g/mol. The molecule has 0 saturated heterocycles. The molecule has 1 atom stereocenters. The Balaban J connectivity index is 1.79. The van der Waals surface area contributed by atoms with E-state index in [2.05, 4.69) is 5.32 Å². The van der Waals surface area contributed by atoms with E-state index >= 15 is 0 Å². The van der Waals surface area contributed by atoms with Crippen molar-refractivity contribution in [3.63, 3.8) is 0 Å². The van der Waals surface area contributed by atoms with E-state index in [-0.39, 0.29) is 5.69 Å². The number of non-ortho nitro benzene ring substituents is 1. The molecule has 1 aromatic carbocycles. The van der Waals surface area contributed by atoms with Crippen LogP contribution in [0, 0.1) is 10.1 Å². The number of hydrogen-bond donors (Lipinski definition) is 2. The summed E-state index contributed by atoms with van der Waals surface area (Å²) >= 11 is 0. The molecule has 0 heterocycles. The molecule has 0 bridgehead atoms. The van der Waals surface area contributed by atoms with Crippen LogP contribution in [0.5, 0.6) is 0 Å². The molecule has 1 aliphatic rings. The molecular weight excluding hydrogens is 248 g/mol. The Kier molecular flexibility index (Phi) is 4.47. The van der Waals surface area contributed by atoms with Gasteiger partial charge >= 0.3 is 0 Å². The van der Waals surface area contributed by atoms with Gasteiger partial charge in [-0.25, -0.2) is 0 Å². The number of methoxy groups -OCH3 is 1. The fourth-order valence-corrected chi connectivity index (χ4v) is 2.14. The van der Waals surface area contributed by atoms with Crippen LogP contribution in [0.4, 0.5) is 5.69 Å². The van der Waals surface area contributed by atoms with E-state index < -0.39 is 11.0 Å². The van der Waals surface area contributed by atoms with E-state index in [0.717, 1.165) is 12.8 Å². The van der Waals surface area contributed by atoms with E-state index in [4.69, 9.17) is 4.74 Å². The number of nitrogens with one attached hydrogen (secondary N) is 1. The van der Waals surface area contributed by atoms with Crippen molar-refractivity contribution in [3.05, 3.63) is 39.9 Å². The van der Waals surface area contributed by atoms with Crippen LogP contribution in [0.15, 0.2) is 24.3 Å². The predicted octanol–water partition coefficient (Wildman–Crippen LogP) is 1.40. The molecule has 1 aromatic rings. The molecule has 1 saturated carbocycles. The van der Waals surface area contributed by atoms with Gasteiger partial charge in [-0.05, 0) is 30.5 Å². The molecule has 0 aliphatic heterocycles. The van der Waals surface area contributed by atoms with Crippen molar-refractivity contribution in [2.45, 2.75) is 31.1 Å². The minimum Gasteiger partial charge on any atom is -0.387 e.